The fourth-order valence-electron chi connectivity index (χ4n) is 2.54. The van der Waals surface area contributed by atoms with Crippen molar-refractivity contribution >= 4 is 0 Å². The predicted molar refractivity (Wildman–Crippen MR) is 84.3 cm³/mol. The van der Waals surface area contributed by atoms with Crippen LogP contribution in [0.25, 0.3) is 0 Å². The van der Waals surface area contributed by atoms with Gasteiger partial charge in [-0.3, -0.25) is 0 Å². The number of ether oxygens (including phenoxy) is 1. The molecule has 1 atom stereocenters. The van der Waals surface area contributed by atoms with Gasteiger partial charge in [-0.1, -0.05) is 48.0 Å². The van der Waals surface area contributed by atoms with Gasteiger partial charge >= 0.3 is 0 Å². The molecule has 20 heavy (non-hydrogen) atoms. The summed E-state index contributed by atoms with van der Waals surface area (Å²) in [5.74, 6) is 0.961. The first-order valence-corrected chi connectivity index (χ1v) is 7.10. The van der Waals surface area contributed by atoms with Gasteiger partial charge in [0.05, 0.1) is 7.11 Å². The molecule has 0 saturated heterocycles. The summed E-state index contributed by atoms with van der Waals surface area (Å²) in [5, 5.41) is 3.41. The summed E-state index contributed by atoms with van der Waals surface area (Å²) in [6.07, 6.45) is 2.11. The Bertz CT molecular complexity index is 536. The van der Waals surface area contributed by atoms with Crippen LogP contribution in [0.4, 0.5) is 0 Å². The maximum atomic E-state index is 5.50. The Kier molecular flexibility index (Phi) is 5.19. The average Bonchev–Trinajstić information content (AvgIpc) is 2.49. The van der Waals surface area contributed by atoms with E-state index in [4.69, 9.17) is 4.74 Å². The van der Waals surface area contributed by atoms with E-state index >= 15 is 0 Å². The fraction of sp³-hybridized carbons (Fsp3) is 0.333. The highest BCUT2D eigenvalue weighted by atomic mass is 16.5. The molecular weight excluding hydrogens is 246 g/mol. The normalized spacial score (nSPS) is 12.2. The highest BCUT2D eigenvalue weighted by molar-refractivity contribution is 5.39. The maximum absolute atomic E-state index is 5.50. The lowest BCUT2D eigenvalue weighted by atomic mass is 9.97. The van der Waals surface area contributed by atoms with Crippen LogP contribution in [0.2, 0.25) is 0 Å². The van der Waals surface area contributed by atoms with Gasteiger partial charge in [-0.05, 0) is 38.4 Å². The van der Waals surface area contributed by atoms with Crippen molar-refractivity contribution in [3.05, 3.63) is 65.2 Å². The Morgan fingerprint density at radius 3 is 2.50 bits per heavy atom. The molecule has 0 spiro atoms. The Morgan fingerprint density at radius 1 is 1.10 bits per heavy atom. The first kappa shape index (κ1) is 14.6. The van der Waals surface area contributed by atoms with Gasteiger partial charge < -0.3 is 10.1 Å². The van der Waals surface area contributed by atoms with Crippen molar-refractivity contribution in [2.24, 2.45) is 0 Å². The van der Waals surface area contributed by atoms with Gasteiger partial charge in [0.15, 0.2) is 0 Å². The van der Waals surface area contributed by atoms with Crippen molar-refractivity contribution in [3.8, 4) is 5.75 Å². The van der Waals surface area contributed by atoms with Crippen molar-refractivity contribution < 1.29 is 4.74 Å². The first-order valence-electron chi connectivity index (χ1n) is 7.10. The number of benzene rings is 2. The van der Waals surface area contributed by atoms with E-state index in [-0.39, 0.29) is 0 Å². The van der Waals surface area contributed by atoms with E-state index < -0.39 is 0 Å². The standard InChI is InChI=1S/C18H23NO/c1-14-9-12-18(20-3)16(13-14)17(19-2)11-10-15-7-5-4-6-8-15/h4-9,12-13,17,19H,10-11H2,1-3H3. The predicted octanol–water partition coefficient (Wildman–Crippen LogP) is 3.90. The van der Waals surface area contributed by atoms with E-state index in [2.05, 4.69) is 60.8 Å². The smallest absolute Gasteiger partial charge is 0.123 e. The second kappa shape index (κ2) is 7.11. The number of aryl methyl sites for hydroxylation is 2. The Labute approximate surface area is 121 Å². The number of nitrogens with one attached hydrogen (secondary N) is 1. The maximum Gasteiger partial charge on any atom is 0.123 e. The van der Waals surface area contributed by atoms with E-state index in [0.29, 0.717) is 6.04 Å². The molecule has 1 N–H and O–H groups in total. The van der Waals surface area contributed by atoms with Crippen LogP contribution >= 0.6 is 0 Å². The van der Waals surface area contributed by atoms with E-state index in [0.717, 1.165) is 18.6 Å². The van der Waals surface area contributed by atoms with Gasteiger partial charge in [0.25, 0.3) is 0 Å². The van der Waals surface area contributed by atoms with E-state index in [1.54, 1.807) is 7.11 Å². The Morgan fingerprint density at radius 2 is 1.85 bits per heavy atom. The van der Waals surface area contributed by atoms with Crippen LogP contribution in [0.3, 0.4) is 0 Å². The molecule has 0 aliphatic heterocycles. The number of rotatable bonds is 6. The van der Waals surface area contributed by atoms with Crippen LogP contribution < -0.4 is 10.1 Å². The zero-order valence-electron chi connectivity index (χ0n) is 12.5. The van der Waals surface area contributed by atoms with Gasteiger partial charge in [0, 0.05) is 11.6 Å². The Balaban J connectivity index is 2.14. The molecule has 0 amide bonds. The molecule has 0 saturated carbocycles. The number of hydrogen-bond acceptors (Lipinski definition) is 2. The van der Waals surface area contributed by atoms with Crippen LogP contribution in [0.15, 0.2) is 48.5 Å². The van der Waals surface area contributed by atoms with Crippen LogP contribution in [0, 0.1) is 6.92 Å². The zero-order valence-corrected chi connectivity index (χ0v) is 12.5. The third kappa shape index (κ3) is 3.61. The largest absolute Gasteiger partial charge is 0.496 e. The SMILES string of the molecule is CNC(CCc1ccccc1)c1cc(C)ccc1OC. The summed E-state index contributed by atoms with van der Waals surface area (Å²) in [6.45, 7) is 2.12. The first-order chi connectivity index (χ1) is 9.74. The third-order valence-corrected chi connectivity index (χ3v) is 3.67. The topological polar surface area (TPSA) is 21.3 Å². The summed E-state index contributed by atoms with van der Waals surface area (Å²) >= 11 is 0. The van der Waals surface area contributed by atoms with E-state index in [9.17, 15) is 0 Å². The molecule has 0 aromatic heterocycles. The summed E-state index contributed by atoms with van der Waals surface area (Å²) in [4.78, 5) is 0. The molecule has 0 fully saturated rings. The summed E-state index contributed by atoms with van der Waals surface area (Å²) in [6, 6.07) is 17.3. The highest BCUT2D eigenvalue weighted by Crippen LogP contribution is 2.29. The third-order valence-electron chi connectivity index (χ3n) is 3.67. The van der Waals surface area contributed by atoms with E-state index in [1.807, 2.05) is 7.05 Å². The molecule has 106 valence electrons. The van der Waals surface area contributed by atoms with Crippen LogP contribution in [-0.2, 0) is 6.42 Å². The summed E-state index contributed by atoms with van der Waals surface area (Å²) in [7, 11) is 3.75. The van der Waals surface area contributed by atoms with Crippen molar-refractivity contribution in [2.75, 3.05) is 14.2 Å². The molecule has 0 radical (unpaired) electrons. The lowest BCUT2D eigenvalue weighted by Crippen LogP contribution is -2.18. The summed E-state index contributed by atoms with van der Waals surface area (Å²) in [5.41, 5.74) is 3.88. The lowest BCUT2D eigenvalue weighted by molar-refractivity contribution is 0.398. The Hall–Kier alpha value is -1.80. The van der Waals surface area contributed by atoms with Crippen LogP contribution in [0.5, 0.6) is 5.75 Å². The van der Waals surface area contributed by atoms with Gasteiger partial charge in [-0.2, -0.15) is 0 Å². The molecular formula is C18H23NO. The van der Waals surface area contributed by atoms with E-state index in [1.165, 1.54) is 16.7 Å². The average molecular weight is 269 g/mol. The lowest BCUT2D eigenvalue weighted by Gasteiger charge is -2.20. The van der Waals surface area contributed by atoms with Crippen LogP contribution in [-0.4, -0.2) is 14.2 Å². The van der Waals surface area contributed by atoms with Crippen molar-refractivity contribution in [2.45, 2.75) is 25.8 Å². The molecule has 2 heteroatoms. The number of hydrogen-bond donors (Lipinski definition) is 1. The van der Waals surface area contributed by atoms with Crippen molar-refractivity contribution in [1.82, 2.24) is 5.32 Å². The van der Waals surface area contributed by atoms with Crippen LogP contribution in [0.1, 0.15) is 29.2 Å². The molecule has 2 aromatic rings. The minimum Gasteiger partial charge on any atom is -0.496 e. The molecule has 0 aliphatic carbocycles. The van der Waals surface area contributed by atoms with Gasteiger partial charge in [0.2, 0.25) is 0 Å². The second-order valence-electron chi connectivity index (χ2n) is 5.11. The monoisotopic (exact) mass is 269 g/mol. The summed E-state index contributed by atoms with van der Waals surface area (Å²) < 4.78 is 5.50. The van der Waals surface area contributed by atoms with Gasteiger partial charge in [-0.15, -0.1) is 0 Å². The van der Waals surface area contributed by atoms with Gasteiger partial charge in [0.1, 0.15) is 5.75 Å². The zero-order chi connectivity index (χ0) is 14.4. The molecule has 2 rings (SSSR count). The van der Waals surface area contributed by atoms with Crippen molar-refractivity contribution in [1.29, 1.82) is 0 Å². The fourth-order valence-corrected chi connectivity index (χ4v) is 2.54. The number of methoxy groups -OCH3 is 1. The molecule has 0 bridgehead atoms. The molecule has 0 heterocycles. The quantitative estimate of drug-likeness (QED) is 0.859. The van der Waals surface area contributed by atoms with Crippen molar-refractivity contribution in [3.63, 3.8) is 0 Å². The molecule has 1 unspecified atom stereocenters. The molecule has 2 aromatic carbocycles. The highest BCUT2D eigenvalue weighted by Gasteiger charge is 2.14. The molecule has 0 aliphatic rings. The second-order valence-corrected chi connectivity index (χ2v) is 5.11. The molecule has 2 nitrogen and oxygen atoms in total. The minimum atomic E-state index is 0.310. The minimum absolute atomic E-state index is 0.310. The van der Waals surface area contributed by atoms with Gasteiger partial charge in [-0.25, -0.2) is 0 Å².